The van der Waals surface area contributed by atoms with Crippen LogP contribution in [0.5, 0.6) is 0 Å². The molecule has 6 heteroatoms. The van der Waals surface area contributed by atoms with Crippen LogP contribution in [0.15, 0.2) is 28.7 Å². The highest BCUT2D eigenvalue weighted by Gasteiger charge is 2.25. The second kappa shape index (κ2) is 5.33. The molecule has 0 radical (unpaired) electrons. The van der Waals surface area contributed by atoms with E-state index in [-0.39, 0.29) is 5.75 Å². The minimum Gasteiger partial charge on any atom is -0.332 e. The van der Waals surface area contributed by atoms with Crippen molar-refractivity contribution in [2.45, 2.75) is 32.1 Å². The normalized spacial score (nSPS) is 17.6. The van der Waals surface area contributed by atoms with Crippen LogP contribution in [0.25, 0.3) is 0 Å². The monoisotopic (exact) mass is 310 g/mol. The number of nitrogens with zero attached hydrogens (tertiary/aromatic N) is 2. The van der Waals surface area contributed by atoms with Crippen molar-refractivity contribution >= 4 is 29.6 Å². The first kappa shape index (κ1) is 15.2. The van der Waals surface area contributed by atoms with Crippen molar-refractivity contribution in [2.75, 3.05) is 17.7 Å². The number of benzene rings is 1. The molecule has 0 atom stereocenters. The number of sulfonamides is 1. The topological polar surface area (TPSA) is 49.7 Å². The summed E-state index contributed by atoms with van der Waals surface area (Å²) in [6, 6.07) is 8.69. The highest BCUT2D eigenvalue weighted by Crippen LogP contribution is 2.28. The van der Waals surface area contributed by atoms with Crippen LogP contribution in [0.3, 0.4) is 0 Å². The van der Waals surface area contributed by atoms with Crippen molar-refractivity contribution in [3.8, 4) is 0 Å². The van der Waals surface area contributed by atoms with Crippen LogP contribution in [-0.4, -0.2) is 35.1 Å². The molecule has 0 unspecified atom stereocenters. The number of para-hydroxylation sites is 1. The Morgan fingerprint density at radius 3 is 2.50 bits per heavy atom. The van der Waals surface area contributed by atoms with E-state index in [4.69, 9.17) is 0 Å². The maximum Gasteiger partial charge on any atom is 0.254 e. The molecule has 0 fully saturated rings. The van der Waals surface area contributed by atoms with Gasteiger partial charge in [-0.3, -0.25) is 0 Å². The maximum absolute atomic E-state index is 12.1. The summed E-state index contributed by atoms with van der Waals surface area (Å²) >= 11 is 0. The lowest BCUT2D eigenvalue weighted by molar-refractivity contribution is 0.599. The predicted molar refractivity (Wildman–Crippen MR) is 87.9 cm³/mol. The van der Waals surface area contributed by atoms with Crippen molar-refractivity contribution < 1.29 is 8.42 Å². The molecular formula is C14H22N2O2SSi. The Balaban J connectivity index is 2.17. The molecule has 1 heterocycles. The Labute approximate surface area is 122 Å². The van der Waals surface area contributed by atoms with Gasteiger partial charge in [0, 0.05) is 27.2 Å². The fraction of sp³-hybridized carbons (Fsp3) is 0.500. The average molecular weight is 310 g/mol. The number of rotatable bonds is 4. The number of fused-ring (bicyclic) bond motifs is 1. The van der Waals surface area contributed by atoms with E-state index in [2.05, 4.69) is 24.0 Å². The second-order valence-electron chi connectivity index (χ2n) is 6.47. The fourth-order valence-corrected chi connectivity index (χ4v) is 6.23. The zero-order chi connectivity index (χ0) is 15.0. The van der Waals surface area contributed by atoms with Crippen LogP contribution in [0.1, 0.15) is 5.56 Å². The summed E-state index contributed by atoms with van der Waals surface area (Å²) in [6.07, 6.45) is 0.596. The molecule has 0 saturated carbocycles. The zero-order valence-corrected chi connectivity index (χ0v) is 14.4. The Hall–Kier alpha value is -1.14. The van der Waals surface area contributed by atoms with E-state index >= 15 is 0 Å². The third-order valence-corrected chi connectivity index (χ3v) is 6.76. The molecular weight excluding hydrogens is 288 g/mol. The van der Waals surface area contributed by atoms with Gasteiger partial charge in [-0.2, -0.15) is 0 Å². The van der Waals surface area contributed by atoms with E-state index in [0.717, 1.165) is 17.3 Å². The molecule has 0 spiro atoms. The molecule has 2 rings (SSSR count). The van der Waals surface area contributed by atoms with Crippen molar-refractivity contribution in [3.05, 3.63) is 29.8 Å². The third kappa shape index (κ3) is 3.70. The quantitative estimate of drug-likeness (QED) is 0.804. The Morgan fingerprint density at radius 1 is 1.25 bits per heavy atom. The van der Waals surface area contributed by atoms with E-state index < -0.39 is 18.1 Å². The molecule has 110 valence electrons. The van der Waals surface area contributed by atoms with E-state index in [9.17, 15) is 8.42 Å². The molecule has 0 aliphatic carbocycles. The molecule has 1 aliphatic heterocycles. The van der Waals surface area contributed by atoms with E-state index in [0.29, 0.717) is 12.3 Å². The molecule has 20 heavy (non-hydrogen) atoms. The number of hydrogen-bond acceptors (Lipinski definition) is 2. The van der Waals surface area contributed by atoms with Gasteiger partial charge >= 0.3 is 0 Å². The summed E-state index contributed by atoms with van der Waals surface area (Å²) in [6.45, 7) is 6.52. The molecule has 4 nitrogen and oxygen atoms in total. The van der Waals surface area contributed by atoms with Gasteiger partial charge in [-0.1, -0.05) is 37.8 Å². The summed E-state index contributed by atoms with van der Waals surface area (Å²) < 4.78 is 28.3. The van der Waals surface area contributed by atoms with Gasteiger partial charge in [-0.15, -0.1) is 4.40 Å². The van der Waals surface area contributed by atoms with Gasteiger partial charge in [-0.25, -0.2) is 8.42 Å². The van der Waals surface area contributed by atoms with Gasteiger partial charge in [0.05, 0.1) is 5.75 Å². The summed E-state index contributed by atoms with van der Waals surface area (Å²) in [5.41, 5.74) is 2.18. The number of hydrogen-bond donors (Lipinski definition) is 0. The van der Waals surface area contributed by atoms with Gasteiger partial charge < -0.3 is 4.90 Å². The molecule has 0 bridgehead atoms. The van der Waals surface area contributed by atoms with Crippen molar-refractivity contribution in [3.63, 3.8) is 0 Å². The first-order chi connectivity index (χ1) is 9.18. The van der Waals surface area contributed by atoms with Crippen molar-refractivity contribution in [2.24, 2.45) is 4.40 Å². The average Bonchev–Trinajstić information content (AvgIpc) is 2.63. The van der Waals surface area contributed by atoms with Gasteiger partial charge in [0.1, 0.15) is 5.84 Å². The first-order valence-electron chi connectivity index (χ1n) is 6.81. The van der Waals surface area contributed by atoms with Crippen molar-refractivity contribution in [1.82, 2.24) is 0 Å². The maximum atomic E-state index is 12.1. The Morgan fingerprint density at radius 2 is 1.90 bits per heavy atom. The lowest BCUT2D eigenvalue weighted by Crippen LogP contribution is -2.26. The smallest absolute Gasteiger partial charge is 0.254 e. The molecule has 0 N–H and O–H groups in total. The minimum absolute atomic E-state index is 0.163. The van der Waals surface area contributed by atoms with E-state index in [1.807, 2.05) is 36.2 Å². The van der Waals surface area contributed by atoms with Crippen LogP contribution in [0.4, 0.5) is 5.69 Å². The van der Waals surface area contributed by atoms with Gasteiger partial charge in [0.15, 0.2) is 0 Å². The Kier molecular flexibility index (Phi) is 4.06. The minimum atomic E-state index is -3.37. The standard InChI is InChI=1S/C14H22N2O2SSi/c1-16-13-8-6-5-7-12(13)11-14(16)15-19(17,18)9-10-20(2,3)4/h5-8H,9-11H2,1-4H3/b15-14+. The Bertz CT molecular complexity index is 633. The van der Waals surface area contributed by atoms with Crippen molar-refractivity contribution in [1.29, 1.82) is 0 Å². The lowest BCUT2D eigenvalue weighted by Gasteiger charge is -2.16. The predicted octanol–water partition coefficient (Wildman–Crippen LogP) is 2.75. The van der Waals surface area contributed by atoms with Crippen LogP contribution in [0.2, 0.25) is 25.7 Å². The SMILES string of the molecule is CN1/C(=N/S(=O)(=O)CC[Si](C)(C)C)Cc2ccccc21. The van der Waals surface area contributed by atoms with Gasteiger partial charge in [0.2, 0.25) is 0 Å². The van der Waals surface area contributed by atoms with E-state index in [1.54, 1.807) is 0 Å². The van der Waals surface area contributed by atoms with Gasteiger partial charge in [0.25, 0.3) is 10.0 Å². The molecule has 0 aromatic heterocycles. The highest BCUT2D eigenvalue weighted by molar-refractivity contribution is 7.90. The number of likely N-dealkylation sites (N-methyl/N-ethyl adjacent to an activating group) is 1. The molecule has 1 aromatic rings. The highest BCUT2D eigenvalue weighted by atomic mass is 32.2. The number of amidine groups is 1. The molecule has 1 aromatic carbocycles. The first-order valence-corrected chi connectivity index (χ1v) is 12.1. The summed E-state index contributed by atoms with van der Waals surface area (Å²) in [5.74, 6) is 0.790. The largest absolute Gasteiger partial charge is 0.332 e. The van der Waals surface area contributed by atoms with Crippen LogP contribution >= 0.6 is 0 Å². The molecule has 1 aliphatic rings. The lowest BCUT2D eigenvalue weighted by atomic mass is 10.2. The van der Waals surface area contributed by atoms with Crippen LogP contribution in [-0.2, 0) is 16.4 Å². The van der Waals surface area contributed by atoms with Crippen LogP contribution in [0, 0.1) is 0 Å². The molecule has 0 amide bonds. The second-order valence-corrected chi connectivity index (χ2v) is 13.8. The summed E-state index contributed by atoms with van der Waals surface area (Å²) in [7, 11) is -2.86. The zero-order valence-electron chi connectivity index (χ0n) is 12.5. The summed E-state index contributed by atoms with van der Waals surface area (Å²) in [5, 5.41) is 0. The number of anilines is 1. The molecule has 0 saturated heterocycles. The van der Waals surface area contributed by atoms with Crippen LogP contribution < -0.4 is 4.90 Å². The van der Waals surface area contributed by atoms with Gasteiger partial charge in [-0.05, 0) is 17.7 Å². The fourth-order valence-electron chi connectivity index (χ4n) is 2.15. The summed E-state index contributed by atoms with van der Waals surface area (Å²) in [4.78, 5) is 1.88. The third-order valence-electron chi connectivity index (χ3n) is 3.44. The van der Waals surface area contributed by atoms with E-state index in [1.165, 1.54) is 0 Å².